The van der Waals surface area contributed by atoms with E-state index in [0.717, 1.165) is 44.9 Å². The second kappa shape index (κ2) is 10.0. The van der Waals surface area contributed by atoms with Crippen molar-refractivity contribution in [1.82, 2.24) is 4.90 Å². The Morgan fingerprint density at radius 1 is 1.00 bits per heavy atom. The lowest BCUT2D eigenvalue weighted by atomic mass is 9.75. The molecule has 1 amide bonds. The van der Waals surface area contributed by atoms with Crippen molar-refractivity contribution in [1.29, 1.82) is 0 Å². The maximum atomic E-state index is 13.1. The van der Waals surface area contributed by atoms with Crippen molar-refractivity contribution in [2.45, 2.75) is 69.4 Å². The van der Waals surface area contributed by atoms with Crippen LogP contribution in [0.5, 0.6) is 0 Å². The van der Waals surface area contributed by atoms with Gasteiger partial charge in [-0.3, -0.25) is 9.59 Å². The summed E-state index contributed by atoms with van der Waals surface area (Å²) in [5.74, 6) is 0.651. The molecular weight excluding hydrogens is 426 g/mol. The molecule has 0 aromatic heterocycles. The number of aliphatic hydroxyl groups is 1. The van der Waals surface area contributed by atoms with Crippen LogP contribution in [0.25, 0.3) is 0 Å². The molecule has 34 heavy (non-hydrogen) atoms. The molecular formula is C29H35NO4. The van der Waals surface area contributed by atoms with Gasteiger partial charge in [-0.25, -0.2) is 0 Å². The Balaban J connectivity index is 1.08. The molecule has 1 saturated heterocycles. The van der Waals surface area contributed by atoms with Crippen LogP contribution in [0.15, 0.2) is 48.5 Å². The maximum Gasteiger partial charge on any atom is 0.254 e. The summed E-state index contributed by atoms with van der Waals surface area (Å²) in [6, 6.07) is 15.6. The van der Waals surface area contributed by atoms with Crippen molar-refractivity contribution in [3.05, 3.63) is 70.8 Å². The molecule has 5 rings (SSSR count). The summed E-state index contributed by atoms with van der Waals surface area (Å²) in [5.41, 5.74) is 3.99. The second-order valence-corrected chi connectivity index (χ2v) is 10.4. The number of hydrogen-bond donors (Lipinski definition) is 1. The third kappa shape index (κ3) is 4.82. The van der Waals surface area contributed by atoms with Crippen LogP contribution in [0.2, 0.25) is 0 Å². The van der Waals surface area contributed by atoms with Gasteiger partial charge >= 0.3 is 0 Å². The molecule has 0 radical (unpaired) electrons. The summed E-state index contributed by atoms with van der Waals surface area (Å²) < 4.78 is 5.64. The van der Waals surface area contributed by atoms with Gasteiger partial charge in [-0.15, -0.1) is 0 Å². The number of hydrogen-bond acceptors (Lipinski definition) is 4. The first-order chi connectivity index (χ1) is 16.5. The number of nitrogens with zero attached hydrogens (tertiary/aromatic N) is 1. The van der Waals surface area contributed by atoms with E-state index in [9.17, 15) is 14.7 Å². The van der Waals surface area contributed by atoms with Gasteiger partial charge < -0.3 is 14.7 Å². The van der Waals surface area contributed by atoms with Gasteiger partial charge in [0.25, 0.3) is 5.91 Å². The van der Waals surface area contributed by atoms with Gasteiger partial charge in [-0.05, 0) is 80.5 Å². The highest BCUT2D eigenvalue weighted by molar-refractivity contribution is 5.99. The highest BCUT2D eigenvalue weighted by Crippen LogP contribution is 2.40. The van der Waals surface area contributed by atoms with Crippen LogP contribution in [-0.2, 0) is 17.6 Å². The van der Waals surface area contributed by atoms with Gasteiger partial charge in [0.15, 0.2) is 5.78 Å². The van der Waals surface area contributed by atoms with E-state index < -0.39 is 6.10 Å². The normalized spacial score (nSPS) is 20.1. The minimum absolute atomic E-state index is 0.0214. The maximum absolute atomic E-state index is 13.1. The molecule has 1 N–H and O–H groups in total. The van der Waals surface area contributed by atoms with Gasteiger partial charge in [0.2, 0.25) is 0 Å². The number of ketones is 1. The number of aliphatic hydroxyl groups excluding tert-OH is 1. The number of amides is 1. The molecule has 3 aliphatic rings. The van der Waals surface area contributed by atoms with Gasteiger partial charge in [0, 0.05) is 24.1 Å². The van der Waals surface area contributed by atoms with Crippen LogP contribution >= 0.6 is 0 Å². The van der Waals surface area contributed by atoms with Crippen molar-refractivity contribution >= 4 is 11.7 Å². The first-order valence-electron chi connectivity index (χ1n) is 12.8. The fraction of sp³-hybridized carbons (Fsp3) is 0.517. The number of carbonyl (C=O) groups is 2. The molecule has 1 atom stereocenters. The first kappa shape index (κ1) is 23.3. The minimum Gasteiger partial charge on any atom is -0.393 e. The SMILES string of the molecule is O=C(CC[C@@H](O)CCC1Cc2ccccc2C1)c1ccc(C(=O)N2CCOCC23CCC3)cc1. The lowest BCUT2D eigenvalue weighted by Gasteiger charge is -2.52. The second-order valence-electron chi connectivity index (χ2n) is 10.4. The van der Waals surface area contributed by atoms with Crippen LogP contribution in [-0.4, -0.2) is 53.1 Å². The topological polar surface area (TPSA) is 66.8 Å². The van der Waals surface area contributed by atoms with Crippen LogP contribution in [0, 0.1) is 5.92 Å². The molecule has 0 bridgehead atoms. The fourth-order valence-electron chi connectivity index (χ4n) is 5.87. The zero-order valence-electron chi connectivity index (χ0n) is 19.9. The summed E-state index contributed by atoms with van der Waals surface area (Å²) >= 11 is 0. The van der Waals surface area contributed by atoms with Crippen LogP contribution in [0.4, 0.5) is 0 Å². The zero-order chi connectivity index (χ0) is 23.5. The van der Waals surface area contributed by atoms with Gasteiger partial charge in [-0.1, -0.05) is 36.4 Å². The smallest absolute Gasteiger partial charge is 0.254 e. The van der Waals surface area contributed by atoms with Crippen LogP contribution in [0.3, 0.4) is 0 Å². The minimum atomic E-state index is -0.450. The number of benzene rings is 2. The molecule has 5 heteroatoms. The van der Waals surface area contributed by atoms with E-state index in [4.69, 9.17) is 4.74 Å². The van der Waals surface area contributed by atoms with Crippen molar-refractivity contribution in [3.8, 4) is 0 Å². The van der Waals surface area contributed by atoms with Crippen LogP contribution in [0.1, 0.15) is 76.8 Å². The van der Waals surface area contributed by atoms with E-state index in [-0.39, 0.29) is 17.2 Å². The van der Waals surface area contributed by atoms with E-state index in [1.807, 2.05) is 4.90 Å². The van der Waals surface area contributed by atoms with Crippen molar-refractivity contribution in [2.24, 2.45) is 5.92 Å². The molecule has 2 fully saturated rings. The third-order valence-electron chi connectivity index (χ3n) is 8.13. The molecule has 1 saturated carbocycles. The zero-order valence-corrected chi connectivity index (χ0v) is 19.9. The standard InChI is InChI=1S/C29H35NO4/c31-26(11-6-21-18-24-4-1-2-5-25(24)19-21)12-13-27(32)22-7-9-23(10-8-22)28(33)30-16-17-34-20-29(30)14-3-15-29/h1-2,4-5,7-10,21,26,31H,3,6,11-20H2/t26-/m0/s1. The van der Waals surface area contributed by atoms with E-state index in [1.54, 1.807) is 24.3 Å². The summed E-state index contributed by atoms with van der Waals surface area (Å²) in [5, 5.41) is 10.4. The number of ether oxygens (including phenoxy) is 1. The van der Waals surface area contributed by atoms with Gasteiger partial charge in [-0.2, -0.15) is 0 Å². The highest BCUT2D eigenvalue weighted by Gasteiger charge is 2.47. The van der Waals surface area contributed by atoms with E-state index in [1.165, 1.54) is 11.1 Å². The number of fused-ring (bicyclic) bond motifs is 1. The van der Waals surface area contributed by atoms with E-state index in [2.05, 4.69) is 24.3 Å². The summed E-state index contributed by atoms with van der Waals surface area (Å²) in [6.07, 6.45) is 7.42. The van der Waals surface area contributed by atoms with E-state index in [0.29, 0.717) is 49.6 Å². The first-order valence-corrected chi connectivity index (χ1v) is 12.8. The Hall–Kier alpha value is -2.50. The van der Waals surface area contributed by atoms with Crippen molar-refractivity contribution in [2.75, 3.05) is 19.8 Å². The monoisotopic (exact) mass is 461 g/mol. The van der Waals surface area contributed by atoms with Crippen molar-refractivity contribution < 1.29 is 19.4 Å². The Morgan fingerprint density at radius 2 is 1.68 bits per heavy atom. The Labute approximate surface area is 202 Å². The third-order valence-corrected chi connectivity index (χ3v) is 8.13. The Kier molecular flexibility index (Phi) is 6.84. The molecule has 0 unspecified atom stereocenters. The lowest BCUT2D eigenvalue weighted by molar-refractivity contribution is -0.0877. The van der Waals surface area contributed by atoms with Crippen LogP contribution < -0.4 is 0 Å². The number of morpholine rings is 1. The molecule has 2 aromatic rings. The predicted octanol–water partition coefficient (Wildman–Crippen LogP) is 4.60. The summed E-state index contributed by atoms with van der Waals surface area (Å²) in [6.45, 7) is 1.84. The number of rotatable bonds is 8. The largest absolute Gasteiger partial charge is 0.393 e. The molecule has 1 heterocycles. The summed E-state index contributed by atoms with van der Waals surface area (Å²) in [7, 11) is 0. The predicted molar refractivity (Wildman–Crippen MR) is 131 cm³/mol. The molecule has 1 aliphatic heterocycles. The fourth-order valence-corrected chi connectivity index (χ4v) is 5.87. The summed E-state index contributed by atoms with van der Waals surface area (Å²) in [4.78, 5) is 27.8. The average molecular weight is 462 g/mol. The van der Waals surface area contributed by atoms with Gasteiger partial charge in [0.05, 0.1) is 24.9 Å². The molecule has 2 aliphatic carbocycles. The lowest BCUT2D eigenvalue weighted by Crippen LogP contribution is -2.62. The Morgan fingerprint density at radius 3 is 2.32 bits per heavy atom. The van der Waals surface area contributed by atoms with E-state index >= 15 is 0 Å². The number of Topliss-reactive ketones (excluding diaryl/α,β-unsaturated/α-hetero) is 1. The van der Waals surface area contributed by atoms with Crippen molar-refractivity contribution in [3.63, 3.8) is 0 Å². The van der Waals surface area contributed by atoms with Gasteiger partial charge in [0.1, 0.15) is 0 Å². The average Bonchev–Trinajstić information content (AvgIpc) is 3.28. The molecule has 2 aromatic carbocycles. The highest BCUT2D eigenvalue weighted by atomic mass is 16.5. The number of carbonyl (C=O) groups excluding carboxylic acids is 2. The Bertz CT molecular complexity index is 1000. The quantitative estimate of drug-likeness (QED) is 0.584. The molecule has 180 valence electrons. The molecule has 1 spiro atoms. The molecule has 5 nitrogen and oxygen atoms in total.